The zero-order valence-electron chi connectivity index (χ0n) is 12.3. The molecule has 0 amide bonds. The smallest absolute Gasteiger partial charge is 0.167 e. The molecule has 0 saturated carbocycles. The Bertz CT molecular complexity index is 504. The molecule has 0 atom stereocenters. The molecule has 2 heteroatoms. The van der Waals surface area contributed by atoms with Crippen LogP contribution in [-0.2, 0) is 11.2 Å². The maximum Gasteiger partial charge on any atom is 0.167 e. The van der Waals surface area contributed by atoms with Gasteiger partial charge in [-0.25, -0.2) is 0 Å². The molecule has 0 spiro atoms. The quantitative estimate of drug-likeness (QED) is 0.785. The first-order valence-corrected chi connectivity index (χ1v) is 7.56. The van der Waals surface area contributed by atoms with Gasteiger partial charge in [-0.3, -0.25) is 4.79 Å². The lowest BCUT2D eigenvalue weighted by molar-refractivity contribution is 0.0968. The SMILES string of the molecule is C1CCOCC1.O=C(Cc1ccccc1)c1ccccc1. The van der Waals surface area contributed by atoms with E-state index in [9.17, 15) is 4.79 Å². The van der Waals surface area contributed by atoms with Crippen molar-refractivity contribution in [3.05, 3.63) is 71.8 Å². The first-order chi connectivity index (χ1) is 10.4. The highest BCUT2D eigenvalue weighted by Gasteiger charge is 2.05. The van der Waals surface area contributed by atoms with E-state index in [0.29, 0.717) is 6.42 Å². The Labute approximate surface area is 126 Å². The minimum atomic E-state index is 0.168. The van der Waals surface area contributed by atoms with Gasteiger partial charge < -0.3 is 4.74 Å². The maximum atomic E-state index is 11.8. The van der Waals surface area contributed by atoms with E-state index in [2.05, 4.69) is 0 Å². The summed E-state index contributed by atoms with van der Waals surface area (Å²) in [5.41, 5.74) is 1.84. The molecule has 0 N–H and O–H groups in total. The number of hydrogen-bond acceptors (Lipinski definition) is 2. The fraction of sp³-hybridized carbons (Fsp3) is 0.316. The zero-order valence-corrected chi connectivity index (χ0v) is 12.3. The Hall–Kier alpha value is -1.93. The third-order valence-electron chi connectivity index (χ3n) is 3.38. The first kappa shape index (κ1) is 15.5. The van der Waals surface area contributed by atoms with Gasteiger partial charge in [0.15, 0.2) is 5.78 Å². The van der Waals surface area contributed by atoms with Crippen molar-refractivity contribution in [2.75, 3.05) is 13.2 Å². The van der Waals surface area contributed by atoms with E-state index in [1.54, 1.807) is 0 Å². The molecule has 1 fully saturated rings. The summed E-state index contributed by atoms with van der Waals surface area (Å²) in [6, 6.07) is 19.2. The maximum absolute atomic E-state index is 11.8. The molecule has 21 heavy (non-hydrogen) atoms. The normalized spacial score (nSPS) is 13.9. The molecule has 1 saturated heterocycles. The average molecular weight is 282 g/mol. The highest BCUT2D eigenvalue weighted by Crippen LogP contribution is 2.06. The van der Waals surface area contributed by atoms with Gasteiger partial charge >= 0.3 is 0 Å². The van der Waals surface area contributed by atoms with Gasteiger partial charge in [0.1, 0.15) is 0 Å². The molecule has 1 heterocycles. The summed E-state index contributed by atoms with van der Waals surface area (Å²) in [7, 11) is 0. The molecular weight excluding hydrogens is 260 g/mol. The van der Waals surface area contributed by atoms with Crippen LogP contribution in [0.25, 0.3) is 0 Å². The van der Waals surface area contributed by atoms with Crippen molar-refractivity contribution in [3.8, 4) is 0 Å². The zero-order chi connectivity index (χ0) is 14.8. The molecule has 0 radical (unpaired) electrons. The molecule has 3 rings (SSSR count). The van der Waals surface area contributed by atoms with Gasteiger partial charge in [-0.15, -0.1) is 0 Å². The number of hydrogen-bond donors (Lipinski definition) is 0. The van der Waals surface area contributed by atoms with Crippen LogP contribution in [0.1, 0.15) is 35.2 Å². The molecule has 0 bridgehead atoms. The van der Waals surface area contributed by atoms with Crippen molar-refractivity contribution in [2.24, 2.45) is 0 Å². The fourth-order valence-electron chi connectivity index (χ4n) is 2.19. The summed E-state index contributed by atoms with van der Waals surface area (Å²) in [5.74, 6) is 0.168. The van der Waals surface area contributed by atoms with Crippen LogP contribution in [-0.4, -0.2) is 19.0 Å². The minimum absolute atomic E-state index is 0.168. The van der Waals surface area contributed by atoms with Crippen molar-refractivity contribution < 1.29 is 9.53 Å². The number of carbonyl (C=O) groups excluding carboxylic acids is 1. The molecule has 1 aliphatic heterocycles. The minimum Gasteiger partial charge on any atom is -0.381 e. The molecule has 2 aromatic carbocycles. The summed E-state index contributed by atoms with van der Waals surface area (Å²) in [6.07, 6.45) is 4.41. The van der Waals surface area contributed by atoms with E-state index in [1.807, 2.05) is 60.7 Å². The molecule has 2 nitrogen and oxygen atoms in total. The van der Waals surface area contributed by atoms with E-state index < -0.39 is 0 Å². The van der Waals surface area contributed by atoms with Crippen molar-refractivity contribution in [1.29, 1.82) is 0 Å². The van der Waals surface area contributed by atoms with Crippen LogP contribution < -0.4 is 0 Å². The Balaban J connectivity index is 0.000000225. The van der Waals surface area contributed by atoms with Crippen LogP contribution >= 0.6 is 0 Å². The van der Waals surface area contributed by atoms with E-state index >= 15 is 0 Å². The lowest BCUT2D eigenvalue weighted by Crippen LogP contribution is -2.03. The summed E-state index contributed by atoms with van der Waals surface area (Å²) < 4.78 is 5.07. The molecule has 110 valence electrons. The van der Waals surface area contributed by atoms with Gasteiger partial charge in [-0.05, 0) is 24.8 Å². The van der Waals surface area contributed by atoms with Crippen molar-refractivity contribution >= 4 is 5.78 Å². The standard InChI is InChI=1S/C14H12O.C5H10O/c15-14(13-9-5-2-6-10-13)11-12-7-3-1-4-8-12;1-2-4-6-5-3-1/h1-10H,11H2;1-5H2. The topological polar surface area (TPSA) is 26.3 Å². The Morgan fingerprint density at radius 3 is 1.86 bits per heavy atom. The van der Waals surface area contributed by atoms with E-state index in [0.717, 1.165) is 24.3 Å². The van der Waals surface area contributed by atoms with E-state index in [4.69, 9.17) is 4.74 Å². The highest BCUT2D eigenvalue weighted by molar-refractivity contribution is 5.97. The highest BCUT2D eigenvalue weighted by atomic mass is 16.5. The third-order valence-corrected chi connectivity index (χ3v) is 3.38. The van der Waals surface area contributed by atoms with Crippen LogP contribution in [0.3, 0.4) is 0 Å². The molecule has 0 aliphatic carbocycles. The van der Waals surface area contributed by atoms with E-state index in [1.165, 1.54) is 19.3 Å². The Kier molecular flexibility index (Phi) is 6.69. The van der Waals surface area contributed by atoms with Crippen molar-refractivity contribution in [3.63, 3.8) is 0 Å². The van der Waals surface area contributed by atoms with Crippen molar-refractivity contribution in [2.45, 2.75) is 25.7 Å². The number of carbonyl (C=O) groups is 1. The van der Waals surface area contributed by atoms with Gasteiger partial charge in [0.2, 0.25) is 0 Å². The summed E-state index contributed by atoms with van der Waals surface area (Å²) in [4.78, 5) is 11.8. The monoisotopic (exact) mass is 282 g/mol. The Morgan fingerprint density at radius 2 is 1.38 bits per heavy atom. The van der Waals surface area contributed by atoms with Crippen LogP contribution in [0.4, 0.5) is 0 Å². The second kappa shape index (κ2) is 9.09. The van der Waals surface area contributed by atoms with Gasteiger partial charge in [0, 0.05) is 25.2 Å². The molecule has 0 aromatic heterocycles. The number of ether oxygens (including phenoxy) is 1. The second-order valence-electron chi connectivity index (χ2n) is 5.12. The van der Waals surface area contributed by atoms with Crippen molar-refractivity contribution in [1.82, 2.24) is 0 Å². The molecule has 1 aliphatic rings. The van der Waals surface area contributed by atoms with Crippen LogP contribution in [0.5, 0.6) is 0 Å². The van der Waals surface area contributed by atoms with Crippen LogP contribution in [0, 0.1) is 0 Å². The third kappa shape index (κ3) is 5.92. The lowest BCUT2D eigenvalue weighted by atomic mass is 10.0. The average Bonchev–Trinajstić information content (AvgIpc) is 2.59. The van der Waals surface area contributed by atoms with Gasteiger partial charge in [-0.1, -0.05) is 60.7 Å². The number of ketones is 1. The van der Waals surface area contributed by atoms with Gasteiger partial charge in [0.25, 0.3) is 0 Å². The summed E-state index contributed by atoms with van der Waals surface area (Å²) in [5, 5.41) is 0. The van der Waals surface area contributed by atoms with Gasteiger partial charge in [-0.2, -0.15) is 0 Å². The van der Waals surface area contributed by atoms with Crippen LogP contribution in [0.15, 0.2) is 60.7 Å². The number of benzene rings is 2. The first-order valence-electron chi connectivity index (χ1n) is 7.56. The molecular formula is C19H22O2. The lowest BCUT2D eigenvalue weighted by Gasteiger charge is -2.08. The molecule has 2 aromatic rings. The summed E-state index contributed by atoms with van der Waals surface area (Å²) >= 11 is 0. The predicted octanol–water partition coefficient (Wildman–Crippen LogP) is 4.30. The fourth-order valence-corrected chi connectivity index (χ4v) is 2.19. The van der Waals surface area contributed by atoms with Crippen LogP contribution in [0.2, 0.25) is 0 Å². The second-order valence-corrected chi connectivity index (χ2v) is 5.12. The Morgan fingerprint density at radius 1 is 0.810 bits per heavy atom. The summed E-state index contributed by atoms with van der Waals surface area (Å²) in [6.45, 7) is 2.00. The number of Topliss-reactive ketones (excluding diaryl/α,β-unsaturated/α-hetero) is 1. The van der Waals surface area contributed by atoms with E-state index in [-0.39, 0.29) is 5.78 Å². The number of rotatable bonds is 3. The molecule has 0 unspecified atom stereocenters. The van der Waals surface area contributed by atoms with Gasteiger partial charge in [0.05, 0.1) is 0 Å². The predicted molar refractivity (Wildman–Crippen MR) is 85.6 cm³/mol. The largest absolute Gasteiger partial charge is 0.381 e.